The lowest BCUT2D eigenvalue weighted by atomic mass is 9.68. The molecule has 0 radical (unpaired) electrons. The van der Waals surface area contributed by atoms with E-state index in [4.69, 9.17) is 16.3 Å². The summed E-state index contributed by atoms with van der Waals surface area (Å²) in [5.41, 5.74) is 2.96. The van der Waals surface area contributed by atoms with Crippen molar-refractivity contribution in [2.75, 3.05) is 24.6 Å². The zero-order valence-corrected chi connectivity index (χ0v) is 25.4. The molecule has 11 heteroatoms. The van der Waals surface area contributed by atoms with Gasteiger partial charge in [0.2, 0.25) is 10.0 Å². The standard InChI is InChI=1S/C32H37ClN2O7S/c33-23-9-11-26-20(14-23)4-3-13-32(26)18-35-17-22-7-10-25(22)28(36)6-2-1-5-24(16-30(37)38)43(40,41)34-31(39)21-8-12-29(42-19-32)27(35)15-21/h2,6,8-9,11-12,14-15,22,24-25,28,36H,1,3-5,7,10,13,16-19H2,(H,34,39)(H,37,38)/b6-2-/t22-,24+,25+,28-,32-/m0/s1. The molecular weight excluding hydrogens is 592 g/mol. The number of allylic oxidation sites excluding steroid dienone is 1. The molecule has 6 rings (SSSR count). The zero-order valence-electron chi connectivity index (χ0n) is 23.9. The lowest BCUT2D eigenvalue weighted by Gasteiger charge is -2.45. The number of aliphatic hydroxyl groups excluding tert-OH is 1. The Kier molecular flexibility index (Phi) is 8.21. The molecule has 1 saturated carbocycles. The van der Waals surface area contributed by atoms with Gasteiger partial charge in [0.15, 0.2) is 0 Å². The van der Waals surface area contributed by atoms with Crippen molar-refractivity contribution < 1.29 is 33.0 Å². The maximum Gasteiger partial charge on any atom is 0.304 e. The van der Waals surface area contributed by atoms with Crippen molar-refractivity contribution in [2.45, 2.75) is 68.1 Å². The Labute approximate surface area is 256 Å². The summed E-state index contributed by atoms with van der Waals surface area (Å²) in [6.45, 7) is 1.73. The highest BCUT2D eigenvalue weighted by Crippen LogP contribution is 2.46. The second-order valence-electron chi connectivity index (χ2n) is 12.5. The van der Waals surface area contributed by atoms with E-state index in [9.17, 15) is 28.2 Å². The SMILES string of the molecule is O=C(O)C[C@H]1CC/C=C\[C@H](O)[C@@H]2CC[C@H]2CN2C[C@@]3(CCCc4cc(Cl)ccc43)COc3ccc(cc32)C(=O)NS1(=O)=O. The minimum Gasteiger partial charge on any atom is -0.490 e. The van der Waals surface area contributed by atoms with Gasteiger partial charge >= 0.3 is 5.97 Å². The Morgan fingerprint density at radius 2 is 2.00 bits per heavy atom. The number of nitrogens with one attached hydrogen (secondary N) is 1. The third-order valence-corrected chi connectivity index (χ3v) is 11.7. The van der Waals surface area contributed by atoms with E-state index in [0.717, 1.165) is 32.1 Å². The Bertz CT molecular complexity index is 1560. The molecule has 2 heterocycles. The Morgan fingerprint density at radius 1 is 1.16 bits per heavy atom. The number of nitrogens with zero attached hydrogens (tertiary/aromatic N) is 1. The van der Waals surface area contributed by atoms with Crippen LogP contribution in [0.5, 0.6) is 5.75 Å². The molecule has 0 saturated heterocycles. The number of hydrogen-bond donors (Lipinski definition) is 3. The molecule has 43 heavy (non-hydrogen) atoms. The van der Waals surface area contributed by atoms with E-state index in [2.05, 4.69) is 15.7 Å². The van der Waals surface area contributed by atoms with Crippen LogP contribution in [0.1, 0.15) is 66.4 Å². The van der Waals surface area contributed by atoms with Crippen molar-refractivity contribution in [2.24, 2.45) is 11.8 Å². The van der Waals surface area contributed by atoms with Crippen molar-refractivity contribution >= 4 is 39.2 Å². The van der Waals surface area contributed by atoms with Crippen LogP contribution in [0.15, 0.2) is 48.6 Å². The number of carboxylic acid groups (broad SMARTS) is 1. The van der Waals surface area contributed by atoms with Crippen molar-refractivity contribution in [3.63, 3.8) is 0 Å². The number of sulfonamides is 1. The monoisotopic (exact) mass is 628 g/mol. The van der Waals surface area contributed by atoms with Gasteiger partial charge in [-0.15, -0.1) is 0 Å². The van der Waals surface area contributed by atoms with Gasteiger partial charge in [-0.1, -0.05) is 29.8 Å². The van der Waals surface area contributed by atoms with Gasteiger partial charge in [0, 0.05) is 29.1 Å². The van der Waals surface area contributed by atoms with Crippen LogP contribution in [0, 0.1) is 11.8 Å². The van der Waals surface area contributed by atoms with Crippen LogP contribution >= 0.6 is 11.6 Å². The van der Waals surface area contributed by atoms with Crippen molar-refractivity contribution in [3.05, 3.63) is 70.3 Å². The maximum absolute atomic E-state index is 13.3. The van der Waals surface area contributed by atoms with Gasteiger partial charge in [0.05, 0.1) is 30.1 Å². The predicted octanol–water partition coefficient (Wildman–Crippen LogP) is 4.45. The van der Waals surface area contributed by atoms with Gasteiger partial charge in [-0.3, -0.25) is 9.59 Å². The van der Waals surface area contributed by atoms with Gasteiger partial charge in [0.1, 0.15) is 5.75 Å². The molecular formula is C32H37ClN2O7S. The number of aryl methyl sites for hydroxylation is 1. The van der Waals surface area contributed by atoms with Gasteiger partial charge in [0.25, 0.3) is 5.91 Å². The summed E-state index contributed by atoms with van der Waals surface area (Å²) in [6.07, 6.45) is 7.04. The zero-order chi connectivity index (χ0) is 30.4. The summed E-state index contributed by atoms with van der Waals surface area (Å²) in [5.74, 6) is -1.22. The van der Waals surface area contributed by atoms with E-state index in [0.29, 0.717) is 36.2 Å². The molecule has 1 spiro atoms. The lowest BCUT2D eigenvalue weighted by molar-refractivity contribution is -0.137. The number of ether oxygens (including phenoxy) is 1. The molecule has 2 aromatic rings. The lowest BCUT2D eigenvalue weighted by Crippen LogP contribution is -2.49. The summed E-state index contributed by atoms with van der Waals surface area (Å²) >= 11 is 6.37. The molecule has 9 nitrogen and oxygen atoms in total. The quantitative estimate of drug-likeness (QED) is 0.416. The third-order valence-electron chi connectivity index (χ3n) is 9.73. The molecule has 0 unspecified atom stereocenters. The number of amides is 1. The fourth-order valence-corrected chi connectivity index (χ4v) is 8.85. The first kappa shape index (κ1) is 30.0. The fourth-order valence-electron chi connectivity index (χ4n) is 7.30. The smallest absolute Gasteiger partial charge is 0.304 e. The molecule has 5 atom stereocenters. The first-order valence-corrected chi connectivity index (χ1v) is 16.9. The van der Waals surface area contributed by atoms with Crippen molar-refractivity contribution in [3.8, 4) is 5.75 Å². The Balaban J connectivity index is 1.41. The normalized spacial score (nSPS) is 30.9. The van der Waals surface area contributed by atoms with Gasteiger partial charge in [-0.25, -0.2) is 13.1 Å². The third kappa shape index (κ3) is 6.01. The number of halogens is 1. The number of carbonyl (C=O) groups is 2. The summed E-state index contributed by atoms with van der Waals surface area (Å²) in [7, 11) is -4.30. The summed E-state index contributed by atoms with van der Waals surface area (Å²) in [4.78, 5) is 27.1. The minimum absolute atomic E-state index is 0.00675. The van der Waals surface area contributed by atoms with Crippen molar-refractivity contribution in [1.82, 2.24) is 4.72 Å². The minimum atomic E-state index is -4.30. The average molecular weight is 629 g/mol. The van der Waals surface area contributed by atoms with E-state index >= 15 is 0 Å². The first-order chi connectivity index (χ1) is 20.5. The maximum atomic E-state index is 13.3. The van der Waals surface area contributed by atoms with Crippen LogP contribution in [0.2, 0.25) is 5.02 Å². The van der Waals surface area contributed by atoms with Crippen molar-refractivity contribution in [1.29, 1.82) is 0 Å². The largest absolute Gasteiger partial charge is 0.490 e. The van der Waals surface area contributed by atoms with Gasteiger partial charge in [-0.2, -0.15) is 0 Å². The summed E-state index contributed by atoms with van der Waals surface area (Å²) in [5, 5.41) is 19.8. The number of carbonyl (C=O) groups excluding carboxylic acids is 1. The molecule has 1 fully saturated rings. The Morgan fingerprint density at radius 3 is 2.77 bits per heavy atom. The predicted molar refractivity (Wildman–Crippen MR) is 163 cm³/mol. The Hall–Kier alpha value is -3.08. The number of carboxylic acids is 1. The van der Waals surface area contributed by atoms with E-state index in [1.54, 1.807) is 30.4 Å². The van der Waals surface area contributed by atoms with Crippen LogP contribution in [0.25, 0.3) is 0 Å². The summed E-state index contributed by atoms with van der Waals surface area (Å²) in [6, 6.07) is 11.0. The molecule has 1 amide bonds. The van der Waals surface area contributed by atoms with Crippen LogP contribution in [-0.2, 0) is 26.7 Å². The summed E-state index contributed by atoms with van der Waals surface area (Å²) < 4.78 is 35.0. The average Bonchev–Trinajstić information content (AvgIpc) is 3.08. The fraction of sp³-hybridized carbons (Fsp3) is 0.500. The number of anilines is 1. The second-order valence-corrected chi connectivity index (χ2v) is 14.9. The highest BCUT2D eigenvalue weighted by molar-refractivity contribution is 7.90. The molecule has 2 aliphatic carbocycles. The number of rotatable bonds is 2. The van der Waals surface area contributed by atoms with E-state index in [-0.39, 0.29) is 35.7 Å². The topological polar surface area (TPSA) is 133 Å². The second kappa shape index (κ2) is 11.8. The van der Waals surface area contributed by atoms with E-state index in [1.807, 2.05) is 12.1 Å². The molecule has 2 aliphatic heterocycles. The molecule has 2 aromatic carbocycles. The number of fused-ring (bicyclic) bond motifs is 4. The molecule has 3 N–H and O–H groups in total. The highest BCUT2D eigenvalue weighted by atomic mass is 35.5. The van der Waals surface area contributed by atoms with Crippen LogP contribution < -0.4 is 14.4 Å². The first-order valence-electron chi connectivity index (χ1n) is 15.0. The molecule has 4 aliphatic rings. The number of hydrogen-bond acceptors (Lipinski definition) is 7. The molecule has 0 aromatic heterocycles. The van der Waals surface area contributed by atoms with Crippen LogP contribution in [0.4, 0.5) is 5.69 Å². The number of benzene rings is 2. The van der Waals surface area contributed by atoms with Gasteiger partial charge in [-0.05, 0) is 98.2 Å². The molecule has 230 valence electrons. The highest BCUT2D eigenvalue weighted by Gasteiger charge is 2.44. The van der Waals surface area contributed by atoms with E-state index in [1.165, 1.54) is 11.1 Å². The van der Waals surface area contributed by atoms with Crippen LogP contribution in [-0.4, -0.2) is 61.6 Å². The number of aliphatic carboxylic acids is 1. The number of aliphatic hydroxyl groups is 1. The molecule has 2 bridgehead atoms. The van der Waals surface area contributed by atoms with Gasteiger partial charge < -0.3 is 19.8 Å². The van der Waals surface area contributed by atoms with Crippen LogP contribution in [0.3, 0.4) is 0 Å². The van der Waals surface area contributed by atoms with E-state index < -0.39 is 39.7 Å².